The number of anilines is 1. The maximum absolute atomic E-state index is 4.89. The van der Waals surface area contributed by atoms with Crippen molar-refractivity contribution < 1.29 is 0 Å². The average molecular weight is 307 g/mol. The van der Waals surface area contributed by atoms with E-state index in [1.807, 2.05) is 11.6 Å². The molecule has 1 aromatic carbocycles. The number of aromatic nitrogens is 4. The van der Waals surface area contributed by atoms with E-state index in [1.165, 1.54) is 18.4 Å². The Morgan fingerprint density at radius 2 is 1.61 bits per heavy atom. The lowest BCUT2D eigenvalue weighted by Crippen LogP contribution is -2.20. The molecular formula is C18H21N5. The van der Waals surface area contributed by atoms with Crippen molar-refractivity contribution in [1.29, 1.82) is 0 Å². The van der Waals surface area contributed by atoms with Crippen LogP contribution in [0.4, 0.5) is 5.82 Å². The highest BCUT2D eigenvalue weighted by Gasteiger charge is 2.22. The summed E-state index contributed by atoms with van der Waals surface area (Å²) in [4.78, 5) is 2.31. The maximum atomic E-state index is 4.89. The van der Waals surface area contributed by atoms with Crippen molar-refractivity contribution in [2.24, 2.45) is 0 Å². The second-order valence-corrected chi connectivity index (χ2v) is 6.36. The summed E-state index contributed by atoms with van der Waals surface area (Å²) in [5, 5.41) is 14.9. The summed E-state index contributed by atoms with van der Waals surface area (Å²) in [6.45, 7) is 8.31. The summed E-state index contributed by atoms with van der Waals surface area (Å²) < 4.78 is 2.01. The van der Waals surface area contributed by atoms with Crippen molar-refractivity contribution in [3.63, 3.8) is 0 Å². The van der Waals surface area contributed by atoms with E-state index in [9.17, 15) is 0 Å². The Labute approximate surface area is 135 Å². The van der Waals surface area contributed by atoms with Gasteiger partial charge in [-0.05, 0) is 45.7 Å². The molecule has 3 heterocycles. The number of benzene rings is 1. The van der Waals surface area contributed by atoms with E-state index in [0.29, 0.717) is 0 Å². The molecule has 0 aliphatic carbocycles. The Bertz CT molecular complexity index is 857. The monoisotopic (exact) mass is 307 g/mol. The van der Waals surface area contributed by atoms with Crippen molar-refractivity contribution in [3.05, 3.63) is 41.2 Å². The minimum atomic E-state index is 0.928. The predicted molar refractivity (Wildman–Crippen MR) is 92.3 cm³/mol. The summed E-state index contributed by atoms with van der Waals surface area (Å²) in [6.07, 6.45) is 2.43. The van der Waals surface area contributed by atoms with E-state index in [2.05, 4.69) is 53.2 Å². The fourth-order valence-corrected chi connectivity index (χ4v) is 3.39. The zero-order chi connectivity index (χ0) is 16.0. The molecule has 0 atom stereocenters. The first-order valence-electron chi connectivity index (χ1n) is 8.20. The number of fused-ring (bicyclic) bond motifs is 1. The van der Waals surface area contributed by atoms with Crippen LogP contribution in [0.3, 0.4) is 0 Å². The Kier molecular flexibility index (Phi) is 3.29. The fourth-order valence-electron chi connectivity index (χ4n) is 3.39. The second-order valence-electron chi connectivity index (χ2n) is 6.36. The molecule has 0 radical (unpaired) electrons. The third kappa shape index (κ3) is 2.27. The summed E-state index contributed by atoms with van der Waals surface area (Å²) in [7, 11) is 0. The third-order valence-electron chi connectivity index (χ3n) is 4.67. The normalized spacial score (nSPS) is 14.8. The smallest absolute Gasteiger partial charge is 0.179 e. The van der Waals surface area contributed by atoms with E-state index in [1.54, 1.807) is 0 Å². The predicted octanol–water partition coefficient (Wildman–Crippen LogP) is 3.34. The molecule has 0 saturated carbocycles. The van der Waals surface area contributed by atoms with Gasteiger partial charge in [0, 0.05) is 13.1 Å². The van der Waals surface area contributed by atoms with Gasteiger partial charge in [-0.25, -0.2) is 4.68 Å². The third-order valence-corrected chi connectivity index (χ3v) is 4.67. The summed E-state index contributed by atoms with van der Waals surface area (Å²) >= 11 is 0. The van der Waals surface area contributed by atoms with Crippen LogP contribution >= 0.6 is 0 Å². The van der Waals surface area contributed by atoms with E-state index in [4.69, 9.17) is 5.10 Å². The highest BCUT2D eigenvalue weighted by molar-refractivity contribution is 5.92. The van der Waals surface area contributed by atoms with Crippen LogP contribution in [0.1, 0.15) is 29.8 Å². The first-order valence-corrected chi connectivity index (χ1v) is 8.20. The van der Waals surface area contributed by atoms with Crippen LogP contribution < -0.4 is 4.90 Å². The molecule has 3 aromatic rings. The molecule has 4 rings (SSSR count). The minimum absolute atomic E-state index is 0.928. The molecule has 0 bridgehead atoms. The molecule has 118 valence electrons. The van der Waals surface area contributed by atoms with Crippen molar-refractivity contribution in [2.45, 2.75) is 33.6 Å². The van der Waals surface area contributed by atoms with Gasteiger partial charge in [-0.1, -0.05) is 17.7 Å². The van der Waals surface area contributed by atoms with E-state index in [-0.39, 0.29) is 0 Å². The molecule has 1 saturated heterocycles. The first kappa shape index (κ1) is 14.2. The molecule has 1 aliphatic rings. The van der Waals surface area contributed by atoms with Gasteiger partial charge in [-0.2, -0.15) is 10.2 Å². The molecule has 0 amide bonds. The number of hydrogen-bond donors (Lipinski definition) is 0. The maximum Gasteiger partial charge on any atom is 0.179 e. The number of nitrogens with zero attached hydrogens (tertiary/aromatic N) is 5. The summed E-state index contributed by atoms with van der Waals surface area (Å²) in [6, 6.07) is 8.46. The number of hydrogen-bond acceptors (Lipinski definition) is 4. The fraction of sp³-hybridized carbons (Fsp3) is 0.389. The summed E-state index contributed by atoms with van der Waals surface area (Å²) in [5.74, 6) is 0.928. The van der Waals surface area contributed by atoms with Gasteiger partial charge < -0.3 is 4.90 Å². The van der Waals surface area contributed by atoms with Crippen molar-refractivity contribution in [1.82, 2.24) is 20.0 Å². The van der Waals surface area contributed by atoms with Crippen LogP contribution in [0.2, 0.25) is 0 Å². The molecule has 0 unspecified atom stereocenters. The van der Waals surface area contributed by atoms with E-state index < -0.39 is 0 Å². The molecule has 23 heavy (non-hydrogen) atoms. The second kappa shape index (κ2) is 5.33. The zero-order valence-corrected chi connectivity index (χ0v) is 13.9. The summed E-state index contributed by atoms with van der Waals surface area (Å²) in [5.41, 5.74) is 5.37. The van der Waals surface area contributed by atoms with Crippen molar-refractivity contribution in [3.8, 4) is 5.69 Å². The lowest BCUT2D eigenvalue weighted by molar-refractivity contribution is 0.852. The average Bonchev–Trinajstić information content (AvgIpc) is 3.18. The van der Waals surface area contributed by atoms with Gasteiger partial charge in [0.05, 0.1) is 22.5 Å². The van der Waals surface area contributed by atoms with Gasteiger partial charge in [-0.15, -0.1) is 5.10 Å². The van der Waals surface area contributed by atoms with Crippen LogP contribution in [0.25, 0.3) is 16.6 Å². The van der Waals surface area contributed by atoms with Crippen LogP contribution in [-0.2, 0) is 0 Å². The molecule has 5 heteroatoms. The lowest BCUT2D eigenvalue weighted by Gasteiger charge is -2.15. The van der Waals surface area contributed by atoms with Crippen LogP contribution in [0.5, 0.6) is 0 Å². The minimum Gasteiger partial charge on any atom is -0.353 e. The zero-order valence-electron chi connectivity index (χ0n) is 13.9. The lowest BCUT2D eigenvalue weighted by atomic mass is 10.2. The molecule has 0 spiro atoms. The number of aryl methyl sites for hydroxylation is 3. The Morgan fingerprint density at radius 1 is 0.913 bits per heavy atom. The molecular weight excluding hydrogens is 286 g/mol. The molecule has 1 fully saturated rings. The van der Waals surface area contributed by atoms with Gasteiger partial charge >= 0.3 is 0 Å². The van der Waals surface area contributed by atoms with E-state index >= 15 is 0 Å². The van der Waals surface area contributed by atoms with Crippen LogP contribution in [0, 0.1) is 20.8 Å². The Hall–Kier alpha value is -2.43. The highest BCUT2D eigenvalue weighted by Crippen LogP contribution is 2.30. The first-order chi connectivity index (χ1) is 11.1. The SMILES string of the molecule is Cc1ccc(-n2nc3c(N4CCCC4)nnc(C)c3c2C)cc1. The quantitative estimate of drug-likeness (QED) is 0.728. The van der Waals surface area contributed by atoms with E-state index in [0.717, 1.165) is 46.9 Å². The van der Waals surface area contributed by atoms with Gasteiger partial charge in [-0.3, -0.25) is 0 Å². The van der Waals surface area contributed by atoms with Crippen molar-refractivity contribution >= 4 is 16.7 Å². The van der Waals surface area contributed by atoms with Gasteiger partial charge in [0.1, 0.15) is 5.52 Å². The Balaban J connectivity index is 1.93. The van der Waals surface area contributed by atoms with Gasteiger partial charge in [0.25, 0.3) is 0 Å². The standard InChI is InChI=1S/C18H21N5/c1-12-6-8-15(9-7-12)23-14(3)16-13(2)19-20-18(17(16)21-23)22-10-4-5-11-22/h6-9H,4-5,10-11H2,1-3H3. The van der Waals surface area contributed by atoms with Crippen molar-refractivity contribution in [2.75, 3.05) is 18.0 Å². The van der Waals surface area contributed by atoms with Crippen LogP contribution in [0.15, 0.2) is 24.3 Å². The molecule has 2 aromatic heterocycles. The Morgan fingerprint density at radius 3 is 2.30 bits per heavy atom. The van der Waals surface area contributed by atoms with Gasteiger partial charge in [0.2, 0.25) is 0 Å². The van der Waals surface area contributed by atoms with Crippen LogP contribution in [-0.4, -0.2) is 33.1 Å². The van der Waals surface area contributed by atoms with Gasteiger partial charge in [0.15, 0.2) is 5.82 Å². The molecule has 0 N–H and O–H groups in total. The highest BCUT2D eigenvalue weighted by atomic mass is 15.3. The topological polar surface area (TPSA) is 46.8 Å². The number of rotatable bonds is 2. The largest absolute Gasteiger partial charge is 0.353 e. The molecule has 1 aliphatic heterocycles. The molecule has 5 nitrogen and oxygen atoms in total.